The molecule has 0 atom stereocenters. The van der Waals surface area contributed by atoms with Crippen LogP contribution in [0.1, 0.15) is 22.4 Å². The SMILES string of the molecule is Cc1ccc(Sc2c(C)c(Cl)cc(C)[n+]2[O-])c(C)c1. The lowest BCUT2D eigenvalue weighted by Crippen LogP contribution is -2.33. The first-order valence-corrected chi connectivity index (χ1v) is 7.24. The molecule has 0 aliphatic rings. The van der Waals surface area contributed by atoms with Crippen LogP contribution in [0.4, 0.5) is 0 Å². The smallest absolute Gasteiger partial charge is 0.260 e. The summed E-state index contributed by atoms with van der Waals surface area (Å²) in [6, 6.07) is 7.92. The Balaban J connectivity index is 2.49. The van der Waals surface area contributed by atoms with Crippen LogP contribution in [0.15, 0.2) is 34.2 Å². The maximum Gasteiger partial charge on any atom is 0.260 e. The van der Waals surface area contributed by atoms with Crippen molar-refractivity contribution >= 4 is 23.4 Å². The van der Waals surface area contributed by atoms with E-state index >= 15 is 0 Å². The van der Waals surface area contributed by atoms with Crippen molar-refractivity contribution in [2.45, 2.75) is 37.6 Å². The van der Waals surface area contributed by atoms with E-state index in [0.717, 1.165) is 15.2 Å². The molecule has 1 aromatic carbocycles. The second-order valence-corrected chi connectivity index (χ2v) is 6.17. The highest BCUT2D eigenvalue weighted by Gasteiger charge is 2.18. The first-order chi connectivity index (χ1) is 8.90. The zero-order valence-electron chi connectivity index (χ0n) is 11.5. The minimum absolute atomic E-state index is 0.614. The highest BCUT2D eigenvalue weighted by molar-refractivity contribution is 7.99. The lowest BCUT2D eigenvalue weighted by atomic mass is 10.2. The van der Waals surface area contributed by atoms with Gasteiger partial charge in [0, 0.05) is 23.4 Å². The second-order valence-electron chi connectivity index (χ2n) is 4.73. The van der Waals surface area contributed by atoms with Gasteiger partial charge in [0.25, 0.3) is 5.03 Å². The van der Waals surface area contributed by atoms with E-state index in [1.54, 1.807) is 13.0 Å². The van der Waals surface area contributed by atoms with Gasteiger partial charge in [-0.2, -0.15) is 4.73 Å². The van der Waals surface area contributed by atoms with Crippen LogP contribution >= 0.6 is 23.4 Å². The van der Waals surface area contributed by atoms with E-state index in [9.17, 15) is 5.21 Å². The molecule has 0 radical (unpaired) electrons. The van der Waals surface area contributed by atoms with E-state index in [2.05, 4.69) is 26.0 Å². The summed E-state index contributed by atoms with van der Waals surface area (Å²) < 4.78 is 0.950. The zero-order valence-corrected chi connectivity index (χ0v) is 13.0. The molecule has 4 heteroatoms. The van der Waals surface area contributed by atoms with Crippen LogP contribution in [0.3, 0.4) is 0 Å². The summed E-state index contributed by atoms with van der Waals surface area (Å²) in [6.45, 7) is 7.76. The molecule has 0 aliphatic carbocycles. The van der Waals surface area contributed by atoms with Gasteiger partial charge >= 0.3 is 0 Å². The van der Waals surface area contributed by atoms with Crippen LogP contribution < -0.4 is 4.73 Å². The topological polar surface area (TPSA) is 26.9 Å². The van der Waals surface area contributed by atoms with E-state index in [1.165, 1.54) is 22.9 Å². The first-order valence-electron chi connectivity index (χ1n) is 6.04. The third-order valence-corrected chi connectivity index (χ3v) is 4.79. The van der Waals surface area contributed by atoms with Crippen LogP contribution in [0, 0.1) is 32.9 Å². The van der Waals surface area contributed by atoms with Crippen molar-refractivity contribution in [2.75, 3.05) is 0 Å². The quantitative estimate of drug-likeness (QED) is 0.608. The highest BCUT2D eigenvalue weighted by atomic mass is 35.5. The number of pyridine rings is 1. The van der Waals surface area contributed by atoms with Crippen molar-refractivity contribution in [3.8, 4) is 0 Å². The summed E-state index contributed by atoms with van der Waals surface area (Å²) in [6.07, 6.45) is 0. The molecule has 0 amide bonds. The van der Waals surface area contributed by atoms with Gasteiger partial charge in [-0.1, -0.05) is 29.3 Å². The number of rotatable bonds is 2. The third kappa shape index (κ3) is 2.88. The molecule has 2 rings (SSSR count). The number of nitrogens with zero attached hydrogens (tertiary/aromatic N) is 1. The molecule has 0 aliphatic heterocycles. The molecular weight excluding hydrogens is 278 g/mol. The Morgan fingerprint density at radius 2 is 1.79 bits per heavy atom. The van der Waals surface area contributed by atoms with Gasteiger partial charge in [0.1, 0.15) is 0 Å². The zero-order chi connectivity index (χ0) is 14.2. The predicted molar refractivity (Wildman–Crippen MR) is 79.9 cm³/mol. The molecule has 19 heavy (non-hydrogen) atoms. The Kier molecular flexibility index (Phi) is 4.07. The average Bonchev–Trinajstić information content (AvgIpc) is 2.34. The van der Waals surface area contributed by atoms with Gasteiger partial charge in [-0.15, -0.1) is 0 Å². The van der Waals surface area contributed by atoms with Gasteiger partial charge in [0.15, 0.2) is 5.69 Å². The number of hydrogen-bond acceptors (Lipinski definition) is 2. The summed E-state index contributed by atoms with van der Waals surface area (Å²) in [7, 11) is 0. The standard InChI is InChI=1S/C15H16ClNOS/c1-9-5-6-14(10(2)7-9)19-15-12(4)13(16)8-11(3)17(15)18/h5-8H,1-4H3. The molecule has 0 fully saturated rings. The van der Waals surface area contributed by atoms with Crippen molar-refractivity contribution < 1.29 is 4.73 Å². The molecule has 100 valence electrons. The summed E-state index contributed by atoms with van der Waals surface area (Å²) in [4.78, 5) is 1.08. The van der Waals surface area contributed by atoms with Gasteiger partial charge in [0.05, 0.1) is 5.02 Å². The highest BCUT2D eigenvalue weighted by Crippen LogP contribution is 2.33. The fraction of sp³-hybridized carbons (Fsp3) is 0.267. The summed E-state index contributed by atoms with van der Waals surface area (Å²) in [5, 5.41) is 13.4. The van der Waals surface area contributed by atoms with Gasteiger partial charge in [-0.25, -0.2) is 0 Å². The summed E-state index contributed by atoms with van der Waals surface area (Å²) >= 11 is 7.63. The van der Waals surface area contributed by atoms with Crippen molar-refractivity contribution in [3.05, 3.63) is 56.9 Å². The number of benzene rings is 1. The minimum atomic E-state index is 0.614. The van der Waals surface area contributed by atoms with Crippen LogP contribution in [0.25, 0.3) is 0 Å². The van der Waals surface area contributed by atoms with E-state index < -0.39 is 0 Å². The Morgan fingerprint density at radius 1 is 1.11 bits per heavy atom. The molecule has 2 nitrogen and oxygen atoms in total. The Hall–Kier alpha value is -1.19. The van der Waals surface area contributed by atoms with E-state index in [4.69, 9.17) is 11.6 Å². The fourth-order valence-electron chi connectivity index (χ4n) is 1.90. The van der Waals surface area contributed by atoms with Crippen LogP contribution in [0.5, 0.6) is 0 Å². The Morgan fingerprint density at radius 3 is 2.42 bits per heavy atom. The molecule has 0 saturated heterocycles. The molecule has 2 aromatic rings. The van der Waals surface area contributed by atoms with Gasteiger partial charge < -0.3 is 5.21 Å². The van der Waals surface area contributed by atoms with E-state index in [0.29, 0.717) is 15.7 Å². The van der Waals surface area contributed by atoms with E-state index in [-0.39, 0.29) is 0 Å². The van der Waals surface area contributed by atoms with Crippen LogP contribution in [0.2, 0.25) is 5.02 Å². The number of aryl methyl sites for hydroxylation is 3. The molecule has 0 spiro atoms. The summed E-state index contributed by atoms with van der Waals surface area (Å²) in [5.41, 5.74) is 3.83. The molecule has 1 aromatic heterocycles. The van der Waals surface area contributed by atoms with Crippen molar-refractivity contribution in [1.29, 1.82) is 0 Å². The van der Waals surface area contributed by atoms with Crippen LogP contribution in [-0.4, -0.2) is 0 Å². The fourth-order valence-corrected chi connectivity index (χ4v) is 3.26. The van der Waals surface area contributed by atoms with E-state index in [1.807, 2.05) is 13.0 Å². The number of hydrogen-bond donors (Lipinski definition) is 0. The van der Waals surface area contributed by atoms with Crippen molar-refractivity contribution in [1.82, 2.24) is 0 Å². The van der Waals surface area contributed by atoms with Gasteiger partial charge in [-0.05, 0) is 44.2 Å². The van der Waals surface area contributed by atoms with Crippen molar-refractivity contribution in [2.24, 2.45) is 0 Å². The maximum atomic E-state index is 12.2. The predicted octanol–water partition coefficient (Wildman–Crippen LogP) is 4.36. The lowest BCUT2D eigenvalue weighted by molar-refractivity contribution is -0.652. The molecule has 0 saturated carbocycles. The minimum Gasteiger partial charge on any atom is -0.618 e. The normalized spacial score (nSPS) is 10.8. The Bertz CT molecular complexity index is 614. The molecule has 0 unspecified atom stereocenters. The average molecular weight is 294 g/mol. The first kappa shape index (κ1) is 14.2. The van der Waals surface area contributed by atoms with Gasteiger partial charge in [-0.3, -0.25) is 0 Å². The number of halogens is 1. The largest absolute Gasteiger partial charge is 0.618 e. The summed E-state index contributed by atoms with van der Waals surface area (Å²) in [5.74, 6) is 0. The molecule has 0 bridgehead atoms. The van der Waals surface area contributed by atoms with Gasteiger partial charge in [0.2, 0.25) is 0 Å². The molecular formula is C15H16ClNOS. The number of aromatic nitrogens is 1. The maximum absolute atomic E-state index is 12.2. The monoisotopic (exact) mass is 293 g/mol. The lowest BCUT2D eigenvalue weighted by Gasteiger charge is -2.12. The Labute approximate surface area is 123 Å². The van der Waals surface area contributed by atoms with Crippen molar-refractivity contribution in [3.63, 3.8) is 0 Å². The second kappa shape index (κ2) is 5.43. The third-order valence-electron chi connectivity index (χ3n) is 3.06. The van der Waals surface area contributed by atoms with Crippen LogP contribution in [-0.2, 0) is 0 Å². The molecule has 0 N–H and O–H groups in total. The molecule has 1 heterocycles.